The SMILES string of the molecule is CCn1c(C)c(C)c(O)c(S(C)(=O)=O)c1=O. The Bertz CT molecular complexity index is 584. The van der Waals surface area contributed by atoms with Gasteiger partial charge in [0.05, 0.1) is 0 Å². The van der Waals surface area contributed by atoms with Crippen molar-refractivity contribution < 1.29 is 13.5 Å². The van der Waals surface area contributed by atoms with Gasteiger partial charge in [0, 0.05) is 24.1 Å². The summed E-state index contributed by atoms with van der Waals surface area (Å²) < 4.78 is 24.2. The molecule has 6 heteroatoms. The van der Waals surface area contributed by atoms with Gasteiger partial charge in [0.1, 0.15) is 5.75 Å². The molecule has 90 valence electrons. The van der Waals surface area contributed by atoms with Crippen molar-refractivity contribution in [3.63, 3.8) is 0 Å². The molecule has 0 spiro atoms. The lowest BCUT2D eigenvalue weighted by Gasteiger charge is -2.14. The topological polar surface area (TPSA) is 76.4 Å². The number of nitrogens with zero attached hydrogens (tertiary/aromatic N) is 1. The maximum Gasteiger partial charge on any atom is 0.273 e. The fraction of sp³-hybridized carbons (Fsp3) is 0.500. The van der Waals surface area contributed by atoms with Crippen LogP contribution in [0.3, 0.4) is 0 Å². The van der Waals surface area contributed by atoms with E-state index in [4.69, 9.17) is 0 Å². The lowest BCUT2D eigenvalue weighted by atomic mass is 10.2. The zero-order valence-corrected chi connectivity index (χ0v) is 10.6. The predicted molar refractivity (Wildman–Crippen MR) is 60.6 cm³/mol. The first-order valence-electron chi connectivity index (χ1n) is 4.84. The summed E-state index contributed by atoms with van der Waals surface area (Å²) in [6, 6.07) is 0. The largest absolute Gasteiger partial charge is 0.506 e. The van der Waals surface area contributed by atoms with Gasteiger partial charge in [0.15, 0.2) is 14.7 Å². The molecule has 16 heavy (non-hydrogen) atoms. The highest BCUT2D eigenvalue weighted by molar-refractivity contribution is 7.90. The van der Waals surface area contributed by atoms with Crippen LogP contribution < -0.4 is 5.56 Å². The van der Waals surface area contributed by atoms with Gasteiger partial charge in [-0.1, -0.05) is 0 Å². The fourth-order valence-corrected chi connectivity index (χ4v) is 2.57. The molecule has 1 N–H and O–H groups in total. The third kappa shape index (κ3) is 1.84. The molecule has 0 atom stereocenters. The zero-order valence-electron chi connectivity index (χ0n) is 9.73. The number of sulfone groups is 1. The average molecular weight is 245 g/mol. The van der Waals surface area contributed by atoms with Crippen LogP contribution >= 0.6 is 0 Å². The first-order valence-corrected chi connectivity index (χ1v) is 6.74. The number of aromatic hydroxyl groups is 1. The van der Waals surface area contributed by atoms with Crippen LogP contribution in [-0.4, -0.2) is 24.3 Å². The van der Waals surface area contributed by atoms with Gasteiger partial charge in [-0.2, -0.15) is 0 Å². The highest BCUT2D eigenvalue weighted by Crippen LogP contribution is 2.25. The van der Waals surface area contributed by atoms with E-state index >= 15 is 0 Å². The normalized spacial score (nSPS) is 11.8. The average Bonchev–Trinajstić information content (AvgIpc) is 2.13. The Morgan fingerprint density at radius 1 is 1.31 bits per heavy atom. The van der Waals surface area contributed by atoms with E-state index in [0.29, 0.717) is 17.8 Å². The van der Waals surface area contributed by atoms with Crippen molar-refractivity contribution >= 4 is 9.84 Å². The van der Waals surface area contributed by atoms with Crippen LogP contribution in [0, 0.1) is 13.8 Å². The Labute approximate surface area is 94.3 Å². The lowest BCUT2D eigenvalue weighted by Crippen LogP contribution is -2.28. The van der Waals surface area contributed by atoms with Crippen LogP contribution in [-0.2, 0) is 16.4 Å². The minimum absolute atomic E-state index is 0.369. The number of hydrogen-bond donors (Lipinski definition) is 1. The predicted octanol–water partition coefficient (Wildman–Crippen LogP) is 0.594. The van der Waals surface area contributed by atoms with Crippen molar-refractivity contribution in [2.45, 2.75) is 32.2 Å². The molecule has 1 aromatic rings. The molecule has 0 aliphatic heterocycles. The van der Waals surface area contributed by atoms with Crippen LogP contribution in [0.25, 0.3) is 0 Å². The summed E-state index contributed by atoms with van der Waals surface area (Å²) >= 11 is 0. The molecule has 0 unspecified atom stereocenters. The monoisotopic (exact) mass is 245 g/mol. The molecule has 0 amide bonds. The smallest absolute Gasteiger partial charge is 0.273 e. The molecular weight excluding hydrogens is 230 g/mol. The van der Waals surface area contributed by atoms with Crippen molar-refractivity contribution in [1.29, 1.82) is 0 Å². The molecule has 0 aliphatic carbocycles. The summed E-state index contributed by atoms with van der Waals surface area (Å²) in [5, 5.41) is 9.72. The molecule has 1 heterocycles. The second-order valence-electron chi connectivity index (χ2n) is 3.71. The zero-order chi connectivity index (χ0) is 12.7. The van der Waals surface area contributed by atoms with Crippen molar-refractivity contribution in [3.05, 3.63) is 21.6 Å². The van der Waals surface area contributed by atoms with Crippen LogP contribution in [0.15, 0.2) is 9.69 Å². The summed E-state index contributed by atoms with van der Waals surface area (Å²) in [5.74, 6) is -0.435. The van der Waals surface area contributed by atoms with Crippen LogP contribution in [0.2, 0.25) is 0 Å². The minimum atomic E-state index is -3.72. The Kier molecular flexibility index (Phi) is 3.14. The summed E-state index contributed by atoms with van der Waals surface area (Å²) in [6.45, 7) is 5.38. The molecule has 0 saturated heterocycles. The van der Waals surface area contributed by atoms with E-state index < -0.39 is 26.0 Å². The second kappa shape index (κ2) is 3.93. The minimum Gasteiger partial charge on any atom is -0.506 e. The third-order valence-corrected chi connectivity index (χ3v) is 3.75. The first-order chi connectivity index (χ1) is 7.21. The molecule has 1 rings (SSSR count). The summed E-state index contributed by atoms with van der Waals surface area (Å²) in [6.07, 6.45) is 0.915. The van der Waals surface area contributed by atoms with E-state index in [2.05, 4.69) is 0 Å². The maximum absolute atomic E-state index is 11.9. The van der Waals surface area contributed by atoms with Gasteiger partial charge >= 0.3 is 0 Å². The molecule has 1 aromatic heterocycles. The summed E-state index contributed by atoms with van der Waals surface area (Å²) in [4.78, 5) is 11.3. The fourth-order valence-electron chi connectivity index (χ4n) is 1.64. The highest BCUT2D eigenvalue weighted by Gasteiger charge is 2.23. The third-order valence-electron chi connectivity index (χ3n) is 2.64. The van der Waals surface area contributed by atoms with Crippen molar-refractivity contribution in [2.24, 2.45) is 0 Å². The summed E-state index contributed by atoms with van der Waals surface area (Å²) in [7, 11) is -3.72. The molecule has 0 fully saturated rings. The van der Waals surface area contributed by atoms with E-state index in [9.17, 15) is 18.3 Å². The molecule has 0 saturated carbocycles. The Balaban J connectivity index is 3.92. The quantitative estimate of drug-likeness (QED) is 0.827. The van der Waals surface area contributed by atoms with Crippen LogP contribution in [0.4, 0.5) is 0 Å². The van der Waals surface area contributed by atoms with E-state index in [1.54, 1.807) is 20.8 Å². The van der Waals surface area contributed by atoms with Gasteiger partial charge < -0.3 is 9.67 Å². The van der Waals surface area contributed by atoms with Gasteiger partial charge in [-0.15, -0.1) is 0 Å². The molecule has 0 radical (unpaired) electrons. The first kappa shape index (κ1) is 12.8. The lowest BCUT2D eigenvalue weighted by molar-refractivity contribution is 0.444. The number of aromatic nitrogens is 1. The van der Waals surface area contributed by atoms with Gasteiger partial charge in [-0.3, -0.25) is 4.79 Å². The highest BCUT2D eigenvalue weighted by atomic mass is 32.2. The van der Waals surface area contributed by atoms with Crippen LogP contribution in [0.5, 0.6) is 5.75 Å². The van der Waals surface area contributed by atoms with Crippen LogP contribution in [0.1, 0.15) is 18.2 Å². The van der Waals surface area contributed by atoms with E-state index in [1.165, 1.54) is 4.57 Å². The molecule has 5 nitrogen and oxygen atoms in total. The second-order valence-corrected chi connectivity index (χ2v) is 5.66. The van der Waals surface area contributed by atoms with Gasteiger partial charge in [0.25, 0.3) is 5.56 Å². The maximum atomic E-state index is 11.9. The van der Waals surface area contributed by atoms with Crippen molar-refractivity contribution in [1.82, 2.24) is 4.57 Å². The Morgan fingerprint density at radius 2 is 1.81 bits per heavy atom. The van der Waals surface area contributed by atoms with Gasteiger partial charge in [0.2, 0.25) is 0 Å². The van der Waals surface area contributed by atoms with E-state index in [0.717, 1.165) is 6.26 Å². The van der Waals surface area contributed by atoms with Gasteiger partial charge in [-0.25, -0.2) is 8.42 Å². The molecular formula is C10H15NO4S. The Hall–Kier alpha value is -1.30. The molecule has 0 aliphatic rings. The van der Waals surface area contributed by atoms with Crippen molar-refractivity contribution in [3.8, 4) is 5.75 Å². The molecule has 0 bridgehead atoms. The van der Waals surface area contributed by atoms with E-state index in [-0.39, 0.29) is 0 Å². The number of pyridine rings is 1. The van der Waals surface area contributed by atoms with Gasteiger partial charge in [-0.05, 0) is 20.8 Å². The number of hydrogen-bond acceptors (Lipinski definition) is 4. The molecule has 0 aromatic carbocycles. The standard InChI is InChI=1S/C10H15NO4S/c1-5-11-7(3)6(2)8(12)9(10(11)13)16(4,14)15/h12H,5H2,1-4H3. The van der Waals surface area contributed by atoms with E-state index in [1.807, 2.05) is 0 Å². The Morgan fingerprint density at radius 3 is 2.19 bits per heavy atom. The summed E-state index contributed by atoms with van der Waals surface area (Å²) in [5.41, 5.74) is 0.338. The number of rotatable bonds is 2. The van der Waals surface area contributed by atoms with Crippen molar-refractivity contribution in [2.75, 3.05) is 6.26 Å².